The quantitative estimate of drug-likeness (QED) is 0.822. The van der Waals surface area contributed by atoms with Crippen molar-refractivity contribution >= 4 is 12.6 Å². The summed E-state index contributed by atoms with van der Waals surface area (Å²) in [4.78, 5) is 4.22. The molecule has 1 aromatic rings. The van der Waals surface area contributed by atoms with E-state index < -0.39 is 18.3 Å². The molecule has 1 N–H and O–H groups in total. The Labute approximate surface area is 114 Å². The van der Waals surface area contributed by atoms with Crippen LogP contribution >= 0.6 is 0 Å². The van der Waals surface area contributed by atoms with Gasteiger partial charge in [0, 0.05) is 5.46 Å². The van der Waals surface area contributed by atoms with E-state index in [0.717, 1.165) is 5.46 Å². The van der Waals surface area contributed by atoms with Gasteiger partial charge in [0.25, 0.3) is 0 Å². The minimum Gasteiger partial charge on any atom is -0.481 e. The fraction of sp³-hybridized carbons (Fsp3) is 0.615. The Balaban J connectivity index is 2.34. The molecule has 0 atom stereocenters. The third kappa shape index (κ3) is 2.48. The van der Waals surface area contributed by atoms with Crippen LogP contribution in [-0.4, -0.2) is 35.5 Å². The molecule has 0 amide bonds. The van der Waals surface area contributed by atoms with Crippen LogP contribution in [0.15, 0.2) is 12.1 Å². The highest BCUT2D eigenvalue weighted by atomic mass is 16.7. The Morgan fingerprint density at radius 2 is 1.79 bits per heavy atom. The topological polar surface area (TPSA) is 60.8 Å². The van der Waals surface area contributed by atoms with Crippen LogP contribution in [-0.2, 0) is 15.9 Å². The predicted octanol–water partition coefficient (Wildman–Crippen LogP) is 0.882. The van der Waals surface area contributed by atoms with Crippen LogP contribution in [0.3, 0.4) is 0 Å². The van der Waals surface area contributed by atoms with Crippen LogP contribution in [0.1, 0.15) is 33.4 Å². The molecule has 2 heterocycles. The van der Waals surface area contributed by atoms with Crippen molar-refractivity contribution in [3.8, 4) is 5.88 Å². The van der Waals surface area contributed by atoms with Gasteiger partial charge in [0.2, 0.25) is 5.88 Å². The highest BCUT2D eigenvalue weighted by Crippen LogP contribution is 2.36. The number of rotatable bonds is 3. The first-order valence-electron chi connectivity index (χ1n) is 6.31. The van der Waals surface area contributed by atoms with Crippen molar-refractivity contribution in [3.63, 3.8) is 0 Å². The molecule has 6 heteroatoms. The molecule has 104 valence electrons. The van der Waals surface area contributed by atoms with E-state index in [1.807, 2.05) is 33.8 Å². The first kappa shape index (κ1) is 14.3. The van der Waals surface area contributed by atoms with E-state index in [1.165, 1.54) is 7.11 Å². The zero-order valence-electron chi connectivity index (χ0n) is 12.1. The molecule has 0 spiro atoms. The van der Waals surface area contributed by atoms with Crippen molar-refractivity contribution in [2.75, 3.05) is 7.11 Å². The van der Waals surface area contributed by atoms with Crippen LogP contribution in [0.4, 0.5) is 0 Å². The third-order valence-electron chi connectivity index (χ3n) is 3.85. The van der Waals surface area contributed by atoms with Crippen molar-refractivity contribution in [3.05, 3.63) is 17.8 Å². The van der Waals surface area contributed by atoms with Crippen molar-refractivity contribution < 1.29 is 19.2 Å². The van der Waals surface area contributed by atoms with Gasteiger partial charge in [-0.15, -0.1) is 0 Å². The lowest BCUT2D eigenvalue weighted by Gasteiger charge is -2.32. The average molecular weight is 265 g/mol. The summed E-state index contributed by atoms with van der Waals surface area (Å²) >= 11 is 0. The van der Waals surface area contributed by atoms with Crippen molar-refractivity contribution in [1.29, 1.82) is 0 Å². The number of hydrogen-bond donors (Lipinski definition) is 1. The Kier molecular flexibility index (Phi) is 3.60. The van der Waals surface area contributed by atoms with E-state index in [4.69, 9.17) is 14.0 Å². The highest BCUT2D eigenvalue weighted by Gasteiger charge is 2.52. The standard InChI is InChI=1S/C13H20BNO4/c1-12(2)13(3,4)19-14(18-12)9-6-7-11(17-5)15-10(9)8-16/h6-7,16H,8H2,1-5H3. The molecule has 19 heavy (non-hydrogen) atoms. The maximum Gasteiger partial charge on any atom is 0.496 e. The third-order valence-corrected chi connectivity index (χ3v) is 3.85. The van der Waals surface area contributed by atoms with Crippen LogP contribution in [0.25, 0.3) is 0 Å². The number of methoxy groups -OCH3 is 1. The summed E-state index contributed by atoms with van der Waals surface area (Å²) in [5.74, 6) is 0.462. The van der Waals surface area contributed by atoms with E-state index in [-0.39, 0.29) is 6.61 Å². The molecule has 1 aliphatic heterocycles. The van der Waals surface area contributed by atoms with Crippen molar-refractivity contribution in [1.82, 2.24) is 4.98 Å². The second kappa shape index (κ2) is 4.78. The van der Waals surface area contributed by atoms with Crippen molar-refractivity contribution in [2.45, 2.75) is 45.5 Å². The molecule has 1 saturated heterocycles. The number of hydrogen-bond acceptors (Lipinski definition) is 5. The number of aromatic nitrogens is 1. The van der Waals surface area contributed by atoms with E-state index in [1.54, 1.807) is 6.07 Å². The van der Waals surface area contributed by atoms with Gasteiger partial charge in [-0.3, -0.25) is 0 Å². The Bertz CT molecular complexity index is 460. The summed E-state index contributed by atoms with van der Waals surface area (Å²) < 4.78 is 17.0. The van der Waals surface area contributed by atoms with E-state index in [0.29, 0.717) is 11.6 Å². The molecule has 0 aromatic carbocycles. The van der Waals surface area contributed by atoms with Crippen LogP contribution in [0.5, 0.6) is 5.88 Å². The monoisotopic (exact) mass is 265 g/mol. The SMILES string of the molecule is COc1ccc(B2OC(C)(C)C(C)(C)O2)c(CO)n1. The molecule has 5 nitrogen and oxygen atoms in total. The Morgan fingerprint density at radius 3 is 2.26 bits per heavy atom. The zero-order valence-corrected chi connectivity index (χ0v) is 12.1. The lowest BCUT2D eigenvalue weighted by molar-refractivity contribution is 0.00578. The molecule has 0 aliphatic carbocycles. The van der Waals surface area contributed by atoms with Crippen LogP contribution in [0.2, 0.25) is 0 Å². The number of pyridine rings is 1. The first-order valence-corrected chi connectivity index (χ1v) is 6.31. The van der Waals surface area contributed by atoms with Gasteiger partial charge in [0.15, 0.2) is 0 Å². The fourth-order valence-corrected chi connectivity index (χ4v) is 1.92. The molecule has 1 aliphatic rings. The Morgan fingerprint density at radius 1 is 1.21 bits per heavy atom. The lowest BCUT2D eigenvalue weighted by Crippen LogP contribution is -2.41. The van der Waals surface area contributed by atoms with Gasteiger partial charge in [-0.1, -0.05) is 6.07 Å². The molecule has 0 unspecified atom stereocenters. The van der Waals surface area contributed by atoms with E-state index in [2.05, 4.69) is 4.98 Å². The molecule has 0 bridgehead atoms. The van der Waals surface area contributed by atoms with Crippen molar-refractivity contribution in [2.24, 2.45) is 0 Å². The molecular formula is C13H20BNO4. The number of ether oxygens (including phenoxy) is 1. The summed E-state index contributed by atoms with van der Waals surface area (Å²) in [7, 11) is 1.02. The summed E-state index contributed by atoms with van der Waals surface area (Å²) in [6.07, 6.45) is 0. The van der Waals surface area contributed by atoms with Gasteiger partial charge in [0.1, 0.15) is 0 Å². The second-order valence-corrected chi connectivity index (χ2v) is 5.64. The summed E-state index contributed by atoms with van der Waals surface area (Å²) in [6.45, 7) is 7.77. The van der Waals surface area contributed by atoms with Gasteiger partial charge in [-0.2, -0.15) is 0 Å². The van der Waals surface area contributed by atoms with Crippen LogP contribution < -0.4 is 10.2 Å². The minimum absolute atomic E-state index is 0.184. The normalized spacial score (nSPS) is 20.6. The number of nitrogens with zero attached hydrogens (tertiary/aromatic N) is 1. The number of aliphatic hydroxyl groups is 1. The maximum absolute atomic E-state index is 9.43. The molecule has 0 radical (unpaired) electrons. The van der Waals surface area contributed by atoms with Gasteiger partial charge < -0.3 is 19.2 Å². The number of aliphatic hydroxyl groups excluding tert-OH is 1. The average Bonchev–Trinajstić information content (AvgIpc) is 2.57. The molecule has 1 fully saturated rings. The minimum atomic E-state index is -0.523. The maximum atomic E-state index is 9.43. The van der Waals surface area contributed by atoms with Crippen LogP contribution in [0, 0.1) is 0 Å². The molecule has 2 rings (SSSR count). The summed E-state index contributed by atoms with van der Waals surface area (Å²) in [5.41, 5.74) is 0.425. The van der Waals surface area contributed by atoms with Gasteiger partial charge >= 0.3 is 7.12 Å². The summed E-state index contributed by atoms with van der Waals surface area (Å²) in [6, 6.07) is 3.55. The van der Waals surface area contributed by atoms with E-state index in [9.17, 15) is 5.11 Å². The predicted molar refractivity (Wildman–Crippen MR) is 72.4 cm³/mol. The Hall–Kier alpha value is -1.11. The largest absolute Gasteiger partial charge is 0.496 e. The summed E-state index contributed by atoms with van der Waals surface area (Å²) in [5, 5.41) is 9.43. The van der Waals surface area contributed by atoms with Gasteiger partial charge in [-0.05, 0) is 33.8 Å². The molecule has 1 aromatic heterocycles. The second-order valence-electron chi connectivity index (χ2n) is 5.64. The zero-order chi connectivity index (χ0) is 14.3. The highest BCUT2D eigenvalue weighted by molar-refractivity contribution is 6.62. The first-order chi connectivity index (χ1) is 8.80. The fourth-order valence-electron chi connectivity index (χ4n) is 1.92. The molecule has 0 saturated carbocycles. The smallest absolute Gasteiger partial charge is 0.481 e. The lowest BCUT2D eigenvalue weighted by atomic mass is 9.78. The van der Waals surface area contributed by atoms with E-state index >= 15 is 0 Å². The van der Waals surface area contributed by atoms with Gasteiger partial charge in [-0.25, -0.2) is 4.98 Å². The van der Waals surface area contributed by atoms with Gasteiger partial charge in [0.05, 0.1) is 30.6 Å². The molecular weight excluding hydrogens is 245 g/mol.